The molecule has 0 N–H and O–H groups in total. The van der Waals surface area contributed by atoms with Crippen LogP contribution in [0.25, 0.3) is 0 Å². The zero-order chi connectivity index (χ0) is 44.4. The highest BCUT2D eigenvalue weighted by atomic mass is 28.5. The summed E-state index contributed by atoms with van der Waals surface area (Å²) < 4.78 is 26.5. The maximum Gasteiger partial charge on any atom is 0.389 e. The molecule has 7 heteroatoms. The monoisotopic (exact) mass is 910 g/mol. The van der Waals surface area contributed by atoms with Crippen molar-refractivity contribution in [3.8, 4) is 0 Å². The molecule has 9 aromatic carbocycles. The third kappa shape index (κ3) is 8.44. The third-order valence-electron chi connectivity index (χ3n) is 12.8. The van der Waals surface area contributed by atoms with Gasteiger partial charge in [-0.3, -0.25) is 0 Å². The van der Waals surface area contributed by atoms with E-state index < -0.39 is 33.8 Å². The lowest BCUT2D eigenvalue weighted by Gasteiger charge is -2.50. The van der Waals surface area contributed by atoms with Crippen molar-refractivity contribution >= 4 is 80.4 Å². The standard InChI is InChI=1S/C58H54O3Si4/c1-3-49(2)62(50-31-13-4-14-32-50,51-33-15-5-16-34-51)59-64(55-41-23-9-24-42-55,56-43-25-10-26-44-56)61-65(57-45-27-11-28-46-57,58-47-29-12-30-48-58)60-63(52-35-17-6-18-36-52,53-37-19-7-20-38-53)54-39-21-8-22-40-54/h4-49H,3H2,1-2H3. The molecule has 0 aliphatic rings. The summed E-state index contributed by atoms with van der Waals surface area (Å²) in [7, 11) is -14.9. The second-order valence-electron chi connectivity index (χ2n) is 16.6. The third-order valence-corrected chi connectivity index (χ3v) is 31.9. The molecule has 0 heterocycles. The Hall–Kier alpha value is -6.27. The van der Waals surface area contributed by atoms with E-state index in [1.54, 1.807) is 0 Å². The molecule has 0 fully saturated rings. The van der Waals surface area contributed by atoms with Crippen LogP contribution in [0, 0.1) is 0 Å². The van der Waals surface area contributed by atoms with E-state index in [-0.39, 0.29) is 5.54 Å². The Morgan fingerprint density at radius 1 is 0.277 bits per heavy atom. The van der Waals surface area contributed by atoms with Crippen molar-refractivity contribution in [1.29, 1.82) is 0 Å². The summed E-state index contributed by atoms with van der Waals surface area (Å²) in [6, 6.07) is 97.9. The van der Waals surface area contributed by atoms with Gasteiger partial charge in [-0.2, -0.15) is 0 Å². The molecule has 0 aliphatic heterocycles. The van der Waals surface area contributed by atoms with Crippen molar-refractivity contribution in [3.63, 3.8) is 0 Å². The molecule has 0 amide bonds. The number of benzene rings is 9. The Morgan fingerprint density at radius 3 is 0.738 bits per heavy atom. The van der Waals surface area contributed by atoms with Gasteiger partial charge in [0.1, 0.15) is 0 Å². The van der Waals surface area contributed by atoms with Gasteiger partial charge in [-0.25, -0.2) is 0 Å². The van der Waals surface area contributed by atoms with Crippen LogP contribution in [0.5, 0.6) is 0 Å². The minimum Gasteiger partial charge on any atom is -0.422 e. The van der Waals surface area contributed by atoms with Gasteiger partial charge in [0.05, 0.1) is 0 Å². The largest absolute Gasteiger partial charge is 0.422 e. The Bertz CT molecular complexity index is 2610. The average molecular weight is 911 g/mol. The van der Waals surface area contributed by atoms with Crippen LogP contribution >= 0.6 is 0 Å². The van der Waals surface area contributed by atoms with E-state index >= 15 is 0 Å². The van der Waals surface area contributed by atoms with Gasteiger partial charge in [0, 0.05) is 0 Å². The fraction of sp³-hybridized carbons (Fsp3) is 0.0690. The molecule has 0 aliphatic carbocycles. The lowest BCUT2D eigenvalue weighted by Crippen LogP contribution is -2.84. The maximum atomic E-state index is 8.89. The lowest BCUT2D eigenvalue weighted by atomic mass is 10.3. The van der Waals surface area contributed by atoms with Gasteiger partial charge in [0.25, 0.3) is 8.32 Å². The van der Waals surface area contributed by atoms with E-state index in [4.69, 9.17) is 12.3 Å². The molecule has 0 saturated heterocycles. The van der Waals surface area contributed by atoms with Crippen molar-refractivity contribution in [2.75, 3.05) is 0 Å². The molecule has 0 aromatic heterocycles. The smallest absolute Gasteiger partial charge is 0.389 e. The summed E-state index contributed by atoms with van der Waals surface area (Å²) in [5, 5.41) is 9.89. The van der Waals surface area contributed by atoms with Crippen molar-refractivity contribution in [2.45, 2.75) is 25.8 Å². The second kappa shape index (κ2) is 19.9. The SMILES string of the molecule is CCC(C)[Si](O[Si](O[Si](O[Si](c1ccccc1)(c1ccccc1)c1ccccc1)(c1ccccc1)c1ccccc1)(c1ccccc1)c1ccccc1)(c1ccccc1)c1ccccc1. The Morgan fingerprint density at radius 2 is 0.492 bits per heavy atom. The van der Waals surface area contributed by atoms with Crippen LogP contribution in [0.3, 0.4) is 0 Å². The van der Waals surface area contributed by atoms with Crippen LogP contribution in [0.1, 0.15) is 20.3 Å². The molecule has 9 aromatic rings. The quantitative estimate of drug-likeness (QED) is 0.0691. The second-order valence-corrected chi connectivity index (χ2v) is 30.5. The molecule has 65 heavy (non-hydrogen) atoms. The maximum absolute atomic E-state index is 8.89. The summed E-state index contributed by atoms with van der Waals surface area (Å²) in [6.45, 7) is 4.68. The van der Waals surface area contributed by atoms with Crippen molar-refractivity contribution < 1.29 is 12.3 Å². The minimum atomic E-state index is -4.06. The van der Waals surface area contributed by atoms with E-state index in [9.17, 15) is 0 Å². The molecule has 320 valence electrons. The zero-order valence-electron chi connectivity index (χ0n) is 37.0. The van der Waals surface area contributed by atoms with Crippen LogP contribution in [-0.2, 0) is 12.3 Å². The van der Waals surface area contributed by atoms with E-state index in [0.29, 0.717) is 0 Å². The summed E-state index contributed by atoms with van der Waals surface area (Å²) in [6.07, 6.45) is 0.909. The van der Waals surface area contributed by atoms with Crippen molar-refractivity contribution in [2.24, 2.45) is 0 Å². The first kappa shape index (κ1) is 44.0. The summed E-state index contributed by atoms with van der Waals surface area (Å²) in [4.78, 5) is 0. The first-order valence-electron chi connectivity index (χ1n) is 22.7. The van der Waals surface area contributed by atoms with E-state index in [1.165, 1.54) is 10.4 Å². The van der Waals surface area contributed by atoms with E-state index in [2.05, 4.69) is 287 Å². The number of rotatable bonds is 17. The van der Waals surface area contributed by atoms with Gasteiger partial charge in [0.15, 0.2) is 0 Å². The van der Waals surface area contributed by atoms with Gasteiger partial charge in [-0.05, 0) is 52.2 Å². The molecular formula is C58H54O3Si4. The predicted octanol–water partition coefficient (Wildman–Crippen LogP) is 7.78. The predicted molar refractivity (Wildman–Crippen MR) is 281 cm³/mol. The molecule has 0 saturated carbocycles. The Kier molecular flexibility index (Phi) is 13.4. The van der Waals surface area contributed by atoms with Gasteiger partial charge < -0.3 is 12.3 Å². The van der Waals surface area contributed by atoms with Gasteiger partial charge in [-0.1, -0.05) is 293 Å². The van der Waals surface area contributed by atoms with Crippen LogP contribution in [-0.4, -0.2) is 33.8 Å². The van der Waals surface area contributed by atoms with Crippen LogP contribution < -0.4 is 46.7 Å². The van der Waals surface area contributed by atoms with Crippen LogP contribution in [0.4, 0.5) is 0 Å². The van der Waals surface area contributed by atoms with Crippen molar-refractivity contribution in [3.05, 3.63) is 273 Å². The summed E-state index contributed by atoms with van der Waals surface area (Å²) >= 11 is 0. The summed E-state index contributed by atoms with van der Waals surface area (Å²) in [5.74, 6) is 0. The molecule has 1 atom stereocenters. The molecule has 1 unspecified atom stereocenters. The highest BCUT2D eigenvalue weighted by Gasteiger charge is 2.62. The van der Waals surface area contributed by atoms with E-state index in [0.717, 1.165) is 42.7 Å². The topological polar surface area (TPSA) is 27.7 Å². The van der Waals surface area contributed by atoms with Gasteiger partial charge in [-0.15, -0.1) is 0 Å². The van der Waals surface area contributed by atoms with Gasteiger partial charge >= 0.3 is 17.1 Å². The molecule has 3 nitrogen and oxygen atoms in total. The fourth-order valence-electron chi connectivity index (χ4n) is 9.43. The zero-order valence-corrected chi connectivity index (χ0v) is 41.0. The summed E-state index contributed by atoms with van der Waals surface area (Å²) in [5.41, 5.74) is 0.145. The fourth-order valence-corrected chi connectivity index (χ4v) is 32.2. The Balaban J connectivity index is 1.45. The highest BCUT2D eigenvalue weighted by Crippen LogP contribution is 2.33. The van der Waals surface area contributed by atoms with Gasteiger partial charge in [0.2, 0.25) is 8.32 Å². The number of hydrogen-bond acceptors (Lipinski definition) is 3. The Labute approximate surface area is 389 Å². The molecule has 0 radical (unpaired) electrons. The first-order valence-corrected chi connectivity index (χ1v) is 30.2. The van der Waals surface area contributed by atoms with Crippen LogP contribution in [0.2, 0.25) is 5.54 Å². The van der Waals surface area contributed by atoms with Crippen molar-refractivity contribution in [1.82, 2.24) is 0 Å². The lowest BCUT2D eigenvalue weighted by molar-refractivity contribution is 0.357. The minimum absolute atomic E-state index is 0.145. The normalized spacial score (nSPS) is 12.6. The highest BCUT2D eigenvalue weighted by molar-refractivity contribution is 7.16. The van der Waals surface area contributed by atoms with E-state index in [1.807, 2.05) is 0 Å². The first-order chi connectivity index (χ1) is 32.0. The molecule has 9 rings (SSSR count). The average Bonchev–Trinajstić information content (AvgIpc) is 3.41. The molecular weight excluding hydrogens is 857 g/mol. The van der Waals surface area contributed by atoms with Crippen LogP contribution in [0.15, 0.2) is 273 Å². The molecule has 0 bridgehead atoms. The molecule has 0 spiro atoms. The number of hydrogen-bond donors (Lipinski definition) is 0.